The quantitative estimate of drug-likeness (QED) is 0.688. The molecule has 0 saturated carbocycles. The maximum Gasteiger partial charge on any atom is 0.133 e. The fraction of sp³-hybridized carbons (Fsp3) is 0.364. The van der Waals surface area contributed by atoms with Crippen LogP contribution in [0.3, 0.4) is 0 Å². The molecule has 126 valence electrons. The molecule has 1 atom stereocenters. The van der Waals surface area contributed by atoms with Gasteiger partial charge >= 0.3 is 0 Å². The van der Waals surface area contributed by atoms with Crippen molar-refractivity contribution >= 4 is 11.6 Å². The van der Waals surface area contributed by atoms with E-state index < -0.39 is 0 Å². The van der Waals surface area contributed by atoms with Crippen molar-refractivity contribution in [2.75, 3.05) is 0 Å². The van der Waals surface area contributed by atoms with Gasteiger partial charge in [-0.2, -0.15) is 0 Å². The van der Waals surface area contributed by atoms with Crippen molar-refractivity contribution in [3.8, 4) is 0 Å². The van der Waals surface area contributed by atoms with Gasteiger partial charge in [0.2, 0.25) is 0 Å². The average Bonchev–Trinajstić information content (AvgIpc) is 2.54. The summed E-state index contributed by atoms with van der Waals surface area (Å²) < 4.78 is 0. The molecule has 0 aliphatic heterocycles. The number of carbonyl (C=O) groups is 2. The van der Waals surface area contributed by atoms with E-state index in [4.69, 9.17) is 0 Å². The van der Waals surface area contributed by atoms with E-state index in [2.05, 4.69) is 31.2 Å². The first-order valence-electron chi connectivity index (χ1n) is 8.57. The maximum absolute atomic E-state index is 12.4. The van der Waals surface area contributed by atoms with Crippen LogP contribution in [0.4, 0.5) is 0 Å². The van der Waals surface area contributed by atoms with Gasteiger partial charge in [0, 0.05) is 19.3 Å². The summed E-state index contributed by atoms with van der Waals surface area (Å²) >= 11 is 0. The fourth-order valence-electron chi connectivity index (χ4n) is 2.91. The van der Waals surface area contributed by atoms with Gasteiger partial charge in [-0.25, -0.2) is 0 Å². The highest BCUT2D eigenvalue weighted by molar-refractivity contribution is 5.82. The average molecular weight is 322 g/mol. The van der Waals surface area contributed by atoms with E-state index in [-0.39, 0.29) is 17.5 Å². The first-order chi connectivity index (χ1) is 11.4. The van der Waals surface area contributed by atoms with Crippen molar-refractivity contribution < 1.29 is 9.59 Å². The number of aryl methyl sites for hydroxylation is 3. The maximum atomic E-state index is 12.4. The highest BCUT2D eigenvalue weighted by Crippen LogP contribution is 2.25. The van der Waals surface area contributed by atoms with Gasteiger partial charge in [0.15, 0.2) is 0 Å². The van der Waals surface area contributed by atoms with E-state index in [1.807, 2.05) is 31.2 Å². The van der Waals surface area contributed by atoms with Crippen LogP contribution in [0.25, 0.3) is 0 Å². The van der Waals surface area contributed by atoms with Gasteiger partial charge in [-0.05, 0) is 44.2 Å². The summed E-state index contributed by atoms with van der Waals surface area (Å²) in [6, 6.07) is 16.5. The lowest BCUT2D eigenvalue weighted by molar-refractivity contribution is -0.120. The van der Waals surface area contributed by atoms with Gasteiger partial charge in [0.25, 0.3) is 0 Å². The Labute approximate surface area is 144 Å². The second-order valence-electron chi connectivity index (χ2n) is 6.74. The standard InChI is InChI=1S/C22H26O2/c1-16-4-8-19(9-5-16)10-13-22(24)15-21(14-18(3)23)20-11-6-17(2)7-12-20/h4-9,11-12,21H,10,13-15H2,1-3H3. The second-order valence-corrected chi connectivity index (χ2v) is 6.74. The molecule has 2 rings (SSSR count). The molecule has 2 heteroatoms. The Bertz CT molecular complexity index is 681. The Morgan fingerprint density at radius 1 is 0.833 bits per heavy atom. The lowest BCUT2D eigenvalue weighted by Gasteiger charge is -2.15. The van der Waals surface area contributed by atoms with E-state index in [9.17, 15) is 9.59 Å². The third kappa shape index (κ3) is 5.77. The zero-order chi connectivity index (χ0) is 17.5. The number of rotatable bonds is 8. The minimum absolute atomic E-state index is 0.00591. The van der Waals surface area contributed by atoms with Crippen LogP contribution in [0.2, 0.25) is 0 Å². The van der Waals surface area contributed by atoms with Crippen molar-refractivity contribution in [1.29, 1.82) is 0 Å². The lowest BCUT2D eigenvalue weighted by atomic mass is 9.88. The Kier molecular flexibility index (Phi) is 6.48. The number of ketones is 2. The largest absolute Gasteiger partial charge is 0.300 e. The molecule has 0 heterocycles. The topological polar surface area (TPSA) is 34.1 Å². The van der Waals surface area contributed by atoms with Crippen LogP contribution >= 0.6 is 0 Å². The minimum Gasteiger partial charge on any atom is -0.300 e. The molecule has 0 amide bonds. The molecule has 0 fully saturated rings. The molecule has 2 aromatic rings. The zero-order valence-corrected chi connectivity index (χ0v) is 14.8. The second kappa shape index (κ2) is 8.58. The van der Waals surface area contributed by atoms with E-state index in [1.54, 1.807) is 6.92 Å². The normalized spacial score (nSPS) is 12.0. The number of hydrogen-bond donors (Lipinski definition) is 0. The van der Waals surface area contributed by atoms with Gasteiger partial charge in [0.1, 0.15) is 11.6 Å². The molecule has 1 unspecified atom stereocenters. The first-order valence-corrected chi connectivity index (χ1v) is 8.57. The summed E-state index contributed by atoms with van der Waals surface area (Å²) in [4.78, 5) is 24.0. The fourth-order valence-corrected chi connectivity index (χ4v) is 2.91. The molecule has 0 bridgehead atoms. The highest BCUT2D eigenvalue weighted by Gasteiger charge is 2.18. The molecule has 0 spiro atoms. The van der Waals surface area contributed by atoms with Crippen molar-refractivity contribution in [2.24, 2.45) is 0 Å². The summed E-state index contributed by atoms with van der Waals surface area (Å²) in [5, 5.41) is 0. The third-order valence-electron chi connectivity index (χ3n) is 4.37. The van der Waals surface area contributed by atoms with Crippen LogP contribution in [0.5, 0.6) is 0 Å². The van der Waals surface area contributed by atoms with E-state index >= 15 is 0 Å². The predicted molar refractivity (Wildman–Crippen MR) is 98.3 cm³/mol. The molecule has 2 nitrogen and oxygen atoms in total. The zero-order valence-electron chi connectivity index (χ0n) is 14.8. The molecule has 0 saturated heterocycles. The van der Waals surface area contributed by atoms with Crippen LogP contribution < -0.4 is 0 Å². The first kappa shape index (κ1) is 18.1. The Morgan fingerprint density at radius 3 is 1.92 bits per heavy atom. The van der Waals surface area contributed by atoms with Gasteiger partial charge < -0.3 is 4.79 Å². The Balaban J connectivity index is 1.97. The number of hydrogen-bond acceptors (Lipinski definition) is 2. The Morgan fingerprint density at radius 2 is 1.38 bits per heavy atom. The summed E-state index contributed by atoms with van der Waals surface area (Å²) in [7, 11) is 0. The number of carbonyl (C=O) groups excluding carboxylic acids is 2. The van der Waals surface area contributed by atoms with Gasteiger partial charge in [-0.3, -0.25) is 4.79 Å². The van der Waals surface area contributed by atoms with Crippen LogP contribution in [0.1, 0.15) is 54.4 Å². The molecular weight excluding hydrogens is 296 g/mol. The molecule has 24 heavy (non-hydrogen) atoms. The SMILES string of the molecule is CC(=O)CC(CC(=O)CCc1ccc(C)cc1)c1ccc(C)cc1. The number of benzene rings is 2. The Hall–Kier alpha value is -2.22. The van der Waals surface area contributed by atoms with Gasteiger partial charge in [-0.1, -0.05) is 59.7 Å². The summed E-state index contributed by atoms with van der Waals surface area (Å²) in [5.74, 6) is 0.350. The molecular formula is C22H26O2. The summed E-state index contributed by atoms with van der Waals surface area (Å²) in [6.07, 6.45) is 2.16. The van der Waals surface area contributed by atoms with Gasteiger partial charge in [0.05, 0.1) is 0 Å². The highest BCUT2D eigenvalue weighted by atomic mass is 16.1. The molecule has 0 aliphatic carbocycles. The predicted octanol–water partition coefficient (Wildman–Crippen LogP) is 4.96. The van der Waals surface area contributed by atoms with Crippen molar-refractivity contribution in [2.45, 2.75) is 52.4 Å². The minimum atomic E-state index is -0.00591. The smallest absolute Gasteiger partial charge is 0.133 e. The number of Topliss-reactive ketones (excluding diaryl/α,β-unsaturated/α-hetero) is 2. The van der Waals surface area contributed by atoms with Crippen LogP contribution in [0, 0.1) is 13.8 Å². The van der Waals surface area contributed by atoms with E-state index in [0.717, 1.165) is 12.0 Å². The summed E-state index contributed by atoms with van der Waals surface area (Å²) in [5.41, 5.74) is 4.68. The monoisotopic (exact) mass is 322 g/mol. The third-order valence-corrected chi connectivity index (χ3v) is 4.37. The molecule has 2 aromatic carbocycles. The van der Waals surface area contributed by atoms with Crippen molar-refractivity contribution in [3.63, 3.8) is 0 Å². The van der Waals surface area contributed by atoms with E-state index in [1.165, 1.54) is 16.7 Å². The van der Waals surface area contributed by atoms with E-state index in [0.29, 0.717) is 19.3 Å². The molecule has 0 aromatic heterocycles. The van der Waals surface area contributed by atoms with Gasteiger partial charge in [-0.15, -0.1) is 0 Å². The molecule has 0 N–H and O–H groups in total. The van der Waals surface area contributed by atoms with Crippen LogP contribution in [-0.2, 0) is 16.0 Å². The van der Waals surface area contributed by atoms with Crippen LogP contribution in [-0.4, -0.2) is 11.6 Å². The van der Waals surface area contributed by atoms with Crippen LogP contribution in [0.15, 0.2) is 48.5 Å². The summed E-state index contributed by atoms with van der Waals surface area (Å²) in [6.45, 7) is 5.69. The molecule has 0 radical (unpaired) electrons. The lowest BCUT2D eigenvalue weighted by Crippen LogP contribution is -2.11. The van der Waals surface area contributed by atoms with Crippen molar-refractivity contribution in [1.82, 2.24) is 0 Å². The van der Waals surface area contributed by atoms with Crippen molar-refractivity contribution in [3.05, 3.63) is 70.8 Å². The molecule has 0 aliphatic rings.